The highest BCUT2D eigenvalue weighted by Gasteiger charge is 2.08. The van der Waals surface area contributed by atoms with Gasteiger partial charge in [-0.2, -0.15) is 0 Å². The molecule has 2 nitrogen and oxygen atoms in total. The highest BCUT2D eigenvalue weighted by molar-refractivity contribution is 5.58. The molecule has 112 valence electrons. The fourth-order valence-corrected chi connectivity index (χ4v) is 2.45. The zero-order valence-electron chi connectivity index (χ0n) is 12.9. The molecule has 2 rings (SSSR count). The normalized spacial score (nSPS) is 10.5. The maximum Gasteiger partial charge on any atom is 0.131 e. The van der Waals surface area contributed by atoms with Gasteiger partial charge in [-0.25, -0.2) is 4.39 Å². The molecular formula is C18H22FNO. The van der Waals surface area contributed by atoms with Gasteiger partial charge in [0.2, 0.25) is 0 Å². The molecule has 0 saturated heterocycles. The minimum absolute atomic E-state index is 0.242. The fraction of sp³-hybridized carbons (Fsp3) is 0.333. The van der Waals surface area contributed by atoms with Crippen molar-refractivity contribution in [2.75, 3.05) is 12.4 Å². The van der Waals surface area contributed by atoms with Crippen molar-refractivity contribution in [1.82, 2.24) is 0 Å². The first-order valence-corrected chi connectivity index (χ1v) is 7.36. The molecule has 0 aliphatic heterocycles. The van der Waals surface area contributed by atoms with Crippen molar-refractivity contribution in [3.8, 4) is 5.75 Å². The molecule has 0 heterocycles. The zero-order valence-corrected chi connectivity index (χ0v) is 12.9. The summed E-state index contributed by atoms with van der Waals surface area (Å²) in [4.78, 5) is 0. The van der Waals surface area contributed by atoms with E-state index in [0.29, 0.717) is 17.9 Å². The van der Waals surface area contributed by atoms with Crippen LogP contribution >= 0.6 is 0 Å². The predicted octanol–water partition coefficient (Wildman–Crippen LogP) is 4.57. The van der Waals surface area contributed by atoms with Crippen LogP contribution in [0.1, 0.15) is 30.5 Å². The molecular weight excluding hydrogens is 265 g/mol. The van der Waals surface area contributed by atoms with Gasteiger partial charge in [0.05, 0.1) is 7.11 Å². The van der Waals surface area contributed by atoms with Crippen molar-refractivity contribution in [3.05, 3.63) is 58.9 Å². The van der Waals surface area contributed by atoms with Crippen molar-refractivity contribution in [2.24, 2.45) is 0 Å². The third-order valence-corrected chi connectivity index (χ3v) is 3.71. The summed E-state index contributed by atoms with van der Waals surface area (Å²) >= 11 is 0. The Balaban J connectivity index is 2.20. The summed E-state index contributed by atoms with van der Waals surface area (Å²) in [6, 6.07) is 11.3. The maximum atomic E-state index is 14.0. The third-order valence-electron chi connectivity index (χ3n) is 3.71. The third kappa shape index (κ3) is 3.54. The van der Waals surface area contributed by atoms with E-state index >= 15 is 0 Å². The Bertz CT molecular complexity index is 588. The van der Waals surface area contributed by atoms with Crippen LogP contribution in [0.15, 0.2) is 36.4 Å². The van der Waals surface area contributed by atoms with E-state index in [-0.39, 0.29) is 5.82 Å². The first kappa shape index (κ1) is 15.4. The molecule has 0 spiro atoms. The minimum atomic E-state index is -0.242. The molecule has 0 saturated carbocycles. The molecule has 0 radical (unpaired) electrons. The van der Waals surface area contributed by atoms with E-state index in [9.17, 15) is 4.39 Å². The van der Waals surface area contributed by atoms with Crippen LogP contribution < -0.4 is 10.1 Å². The Morgan fingerprint density at radius 3 is 2.19 bits per heavy atom. The van der Waals surface area contributed by atoms with E-state index in [1.807, 2.05) is 0 Å². The summed E-state index contributed by atoms with van der Waals surface area (Å²) < 4.78 is 19.0. The van der Waals surface area contributed by atoms with E-state index in [1.54, 1.807) is 12.1 Å². The second-order valence-electron chi connectivity index (χ2n) is 4.97. The molecule has 1 N–H and O–H groups in total. The smallest absolute Gasteiger partial charge is 0.131 e. The second kappa shape index (κ2) is 7.11. The van der Waals surface area contributed by atoms with Gasteiger partial charge in [-0.05, 0) is 30.0 Å². The summed E-state index contributed by atoms with van der Waals surface area (Å²) in [5.74, 6) is 0.299. The van der Waals surface area contributed by atoms with Gasteiger partial charge in [0.25, 0.3) is 0 Å². The average molecular weight is 287 g/mol. The lowest BCUT2D eigenvalue weighted by Gasteiger charge is -2.16. The summed E-state index contributed by atoms with van der Waals surface area (Å²) in [6.45, 7) is 4.74. The molecule has 0 fully saturated rings. The van der Waals surface area contributed by atoms with Crippen LogP contribution in [-0.2, 0) is 19.4 Å². The molecule has 0 aliphatic carbocycles. The lowest BCUT2D eigenvalue weighted by Crippen LogP contribution is -2.06. The number of benzene rings is 2. The highest BCUT2D eigenvalue weighted by atomic mass is 19.1. The van der Waals surface area contributed by atoms with E-state index in [2.05, 4.69) is 37.4 Å². The molecule has 0 aliphatic rings. The second-order valence-corrected chi connectivity index (χ2v) is 4.97. The van der Waals surface area contributed by atoms with Gasteiger partial charge in [-0.1, -0.05) is 38.1 Å². The van der Waals surface area contributed by atoms with E-state index in [4.69, 9.17) is 4.74 Å². The van der Waals surface area contributed by atoms with Gasteiger partial charge in [0.15, 0.2) is 0 Å². The zero-order chi connectivity index (χ0) is 15.2. The topological polar surface area (TPSA) is 21.3 Å². The number of nitrogens with one attached hydrogen (secondary N) is 1. The van der Waals surface area contributed by atoms with Crippen LogP contribution in [0, 0.1) is 5.82 Å². The van der Waals surface area contributed by atoms with Crippen molar-refractivity contribution >= 4 is 5.69 Å². The number of para-hydroxylation sites is 1. The van der Waals surface area contributed by atoms with Crippen LogP contribution in [0.3, 0.4) is 0 Å². The fourth-order valence-electron chi connectivity index (χ4n) is 2.45. The molecule has 2 aromatic carbocycles. The predicted molar refractivity (Wildman–Crippen MR) is 85.5 cm³/mol. The molecule has 0 aromatic heterocycles. The Hall–Kier alpha value is -2.03. The van der Waals surface area contributed by atoms with Crippen LogP contribution in [0.5, 0.6) is 5.75 Å². The number of aryl methyl sites for hydroxylation is 2. The molecule has 2 aromatic rings. The quantitative estimate of drug-likeness (QED) is 0.840. The van der Waals surface area contributed by atoms with E-state index in [0.717, 1.165) is 18.5 Å². The van der Waals surface area contributed by atoms with Gasteiger partial charge in [0, 0.05) is 23.9 Å². The van der Waals surface area contributed by atoms with Crippen LogP contribution in [0.2, 0.25) is 0 Å². The number of hydrogen-bond acceptors (Lipinski definition) is 2. The molecule has 21 heavy (non-hydrogen) atoms. The first-order valence-electron chi connectivity index (χ1n) is 7.36. The molecule has 0 unspecified atom stereocenters. The number of hydrogen-bond donors (Lipinski definition) is 1. The van der Waals surface area contributed by atoms with Gasteiger partial charge in [-0.3, -0.25) is 0 Å². The lowest BCUT2D eigenvalue weighted by molar-refractivity contribution is 0.411. The SMILES string of the molecule is CCc1cccc(CC)c1NCc1ccc(OC)cc1F. The Morgan fingerprint density at radius 1 is 1.00 bits per heavy atom. The summed E-state index contributed by atoms with van der Waals surface area (Å²) in [5, 5.41) is 3.40. The van der Waals surface area contributed by atoms with E-state index < -0.39 is 0 Å². The molecule has 3 heteroatoms. The number of anilines is 1. The van der Waals surface area contributed by atoms with Crippen molar-refractivity contribution in [1.29, 1.82) is 0 Å². The molecule has 0 atom stereocenters. The standard InChI is InChI=1S/C18H22FNO/c1-4-13-7-6-8-14(5-2)18(13)20-12-15-9-10-16(21-3)11-17(15)19/h6-11,20H,4-5,12H2,1-3H3. The summed E-state index contributed by atoms with van der Waals surface area (Å²) in [6.07, 6.45) is 1.92. The highest BCUT2D eigenvalue weighted by Crippen LogP contribution is 2.24. The number of ether oxygens (including phenoxy) is 1. The largest absolute Gasteiger partial charge is 0.497 e. The van der Waals surface area contributed by atoms with Crippen LogP contribution in [0.4, 0.5) is 10.1 Å². The average Bonchev–Trinajstić information content (AvgIpc) is 2.53. The van der Waals surface area contributed by atoms with Gasteiger partial charge >= 0.3 is 0 Å². The maximum absolute atomic E-state index is 14.0. The lowest BCUT2D eigenvalue weighted by atomic mass is 10.0. The summed E-state index contributed by atoms with van der Waals surface area (Å²) in [7, 11) is 1.54. The van der Waals surface area contributed by atoms with Crippen molar-refractivity contribution in [3.63, 3.8) is 0 Å². The minimum Gasteiger partial charge on any atom is -0.497 e. The van der Waals surface area contributed by atoms with Gasteiger partial charge in [0.1, 0.15) is 11.6 Å². The first-order chi connectivity index (χ1) is 10.2. The van der Waals surface area contributed by atoms with Crippen LogP contribution in [0.25, 0.3) is 0 Å². The van der Waals surface area contributed by atoms with Crippen molar-refractivity contribution in [2.45, 2.75) is 33.2 Å². The van der Waals surface area contributed by atoms with Crippen LogP contribution in [-0.4, -0.2) is 7.11 Å². The number of methoxy groups -OCH3 is 1. The van der Waals surface area contributed by atoms with E-state index in [1.165, 1.54) is 24.3 Å². The summed E-state index contributed by atoms with van der Waals surface area (Å²) in [5.41, 5.74) is 4.31. The number of rotatable bonds is 6. The van der Waals surface area contributed by atoms with Gasteiger partial charge < -0.3 is 10.1 Å². The molecule has 0 bridgehead atoms. The Morgan fingerprint density at radius 2 is 1.67 bits per heavy atom. The Kier molecular flexibility index (Phi) is 5.20. The van der Waals surface area contributed by atoms with Gasteiger partial charge in [-0.15, -0.1) is 0 Å². The Labute approximate surface area is 126 Å². The number of halogens is 1. The molecule has 0 amide bonds. The monoisotopic (exact) mass is 287 g/mol. The van der Waals surface area contributed by atoms with Crippen molar-refractivity contribution < 1.29 is 9.13 Å².